The minimum Gasteiger partial charge on any atom is -0.454 e. The van der Waals surface area contributed by atoms with Crippen molar-refractivity contribution in [2.75, 3.05) is 33.0 Å². The molecule has 2 amide bonds. The van der Waals surface area contributed by atoms with Gasteiger partial charge >= 0.3 is 0 Å². The van der Waals surface area contributed by atoms with Crippen molar-refractivity contribution in [3.05, 3.63) is 59.8 Å². The van der Waals surface area contributed by atoms with E-state index in [0.29, 0.717) is 56.1 Å². The number of aryl methyl sites for hydroxylation is 1. The van der Waals surface area contributed by atoms with Crippen LogP contribution in [-0.2, 0) is 11.2 Å². The highest BCUT2D eigenvalue weighted by Gasteiger charge is 2.26. The molecule has 2 aliphatic rings. The summed E-state index contributed by atoms with van der Waals surface area (Å²) in [5.41, 5.74) is 2.84. The Balaban J connectivity index is 1.15. The highest BCUT2D eigenvalue weighted by atomic mass is 16.7. The molecule has 5 rings (SSSR count). The summed E-state index contributed by atoms with van der Waals surface area (Å²) in [6, 6.07) is 13.4. The molecule has 7 nitrogen and oxygen atoms in total. The van der Waals surface area contributed by atoms with Crippen LogP contribution in [0.25, 0.3) is 10.9 Å². The number of carbonyl (C=O) groups excluding carboxylic acids is 2. The average Bonchev–Trinajstić information content (AvgIpc) is 3.43. The Hall–Kier alpha value is -3.48. The molecule has 2 aliphatic heterocycles. The molecule has 3 heterocycles. The average molecular weight is 405 g/mol. The van der Waals surface area contributed by atoms with Crippen molar-refractivity contribution < 1.29 is 19.1 Å². The number of H-pyrrole nitrogens is 1. The van der Waals surface area contributed by atoms with Gasteiger partial charge in [0.25, 0.3) is 5.91 Å². The SMILES string of the molecule is O=C(CCc1c[nH]c2ccccc12)N1CCN(C(=O)c2ccc3c(c2)OCO3)CC1. The van der Waals surface area contributed by atoms with Gasteiger partial charge in [0.15, 0.2) is 11.5 Å². The van der Waals surface area contributed by atoms with Crippen LogP contribution in [0.1, 0.15) is 22.3 Å². The van der Waals surface area contributed by atoms with Crippen molar-refractivity contribution >= 4 is 22.7 Å². The van der Waals surface area contributed by atoms with E-state index in [1.807, 2.05) is 29.3 Å². The number of hydrogen-bond donors (Lipinski definition) is 1. The van der Waals surface area contributed by atoms with Gasteiger partial charge in [0.1, 0.15) is 0 Å². The first-order valence-corrected chi connectivity index (χ1v) is 10.2. The molecule has 7 heteroatoms. The number of nitrogens with one attached hydrogen (secondary N) is 1. The van der Waals surface area contributed by atoms with E-state index < -0.39 is 0 Å². The normalized spacial score (nSPS) is 15.6. The zero-order valence-electron chi connectivity index (χ0n) is 16.6. The number of para-hydroxylation sites is 1. The molecule has 30 heavy (non-hydrogen) atoms. The number of rotatable bonds is 4. The number of nitrogens with zero attached hydrogens (tertiary/aromatic N) is 2. The van der Waals surface area contributed by atoms with Crippen molar-refractivity contribution in [2.24, 2.45) is 0 Å². The van der Waals surface area contributed by atoms with E-state index in [4.69, 9.17) is 9.47 Å². The summed E-state index contributed by atoms with van der Waals surface area (Å²) < 4.78 is 10.7. The van der Waals surface area contributed by atoms with E-state index in [1.54, 1.807) is 23.1 Å². The number of carbonyl (C=O) groups is 2. The first kappa shape index (κ1) is 18.5. The van der Waals surface area contributed by atoms with Gasteiger partial charge in [-0.2, -0.15) is 0 Å². The molecule has 1 fully saturated rings. The number of fused-ring (bicyclic) bond motifs is 2. The quantitative estimate of drug-likeness (QED) is 0.724. The largest absolute Gasteiger partial charge is 0.454 e. The number of aromatic nitrogens is 1. The molecule has 0 spiro atoms. The van der Waals surface area contributed by atoms with E-state index in [0.717, 1.165) is 11.1 Å². The topological polar surface area (TPSA) is 74.9 Å². The van der Waals surface area contributed by atoms with Crippen LogP contribution >= 0.6 is 0 Å². The molecule has 0 aliphatic carbocycles. The number of ether oxygens (including phenoxy) is 2. The number of hydrogen-bond acceptors (Lipinski definition) is 4. The molecule has 0 radical (unpaired) electrons. The monoisotopic (exact) mass is 405 g/mol. The minimum atomic E-state index is -0.0424. The second-order valence-electron chi connectivity index (χ2n) is 7.60. The van der Waals surface area contributed by atoms with Gasteiger partial charge in [0.2, 0.25) is 12.7 Å². The highest BCUT2D eigenvalue weighted by molar-refractivity contribution is 5.95. The maximum atomic E-state index is 12.8. The fourth-order valence-corrected chi connectivity index (χ4v) is 4.11. The fraction of sp³-hybridized carbons (Fsp3) is 0.304. The first-order chi connectivity index (χ1) is 14.7. The molecule has 3 aromatic rings. The van der Waals surface area contributed by atoms with Crippen LogP contribution < -0.4 is 9.47 Å². The Morgan fingerprint density at radius 2 is 1.70 bits per heavy atom. The molecule has 1 aromatic heterocycles. The summed E-state index contributed by atoms with van der Waals surface area (Å²) in [4.78, 5) is 32.4. The minimum absolute atomic E-state index is 0.0424. The maximum absolute atomic E-state index is 12.8. The smallest absolute Gasteiger partial charge is 0.254 e. The lowest BCUT2D eigenvalue weighted by atomic mass is 10.1. The molecule has 0 saturated carbocycles. The van der Waals surface area contributed by atoms with Crippen LogP contribution in [0, 0.1) is 0 Å². The highest BCUT2D eigenvalue weighted by Crippen LogP contribution is 2.32. The summed E-state index contributed by atoms with van der Waals surface area (Å²) in [7, 11) is 0. The third-order valence-electron chi connectivity index (χ3n) is 5.82. The molecule has 154 valence electrons. The van der Waals surface area contributed by atoms with E-state index >= 15 is 0 Å². The van der Waals surface area contributed by atoms with Gasteiger partial charge in [0.05, 0.1) is 0 Å². The van der Waals surface area contributed by atoms with Crippen molar-refractivity contribution in [2.45, 2.75) is 12.8 Å². The zero-order chi connectivity index (χ0) is 20.5. The second kappa shape index (κ2) is 7.74. The van der Waals surface area contributed by atoms with Crippen LogP contribution in [0.3, 0.4) is 0 Å². The van der Waals surface area contributed by atoms with Crippen LogP contribution in [0.5, 0.6) is 11.5 Å². The van der Waals surface area contributed by atoms with Gasteiger partial charge in [-0.25, -0.2) is 0 Å². The van der Waals surface area contributed by atoms with Gasteiger partial charge in [-0.3, -0.25) is 9.59 Å². The summed E-state index contributed by atoms with van der Waals surface area (Å²) in [5, 5.41) is 1.17. The Labute approximate surface area is 174 Å². The van der Waals surface area contributed by atoms with Gasteiger partial charge in [-0.15, -0.1) is 0 Å². The molecule has 0 atom stereocenters. The molecule has 0 bridgehead atoms. The lowest BCUT2D eigenvalue weighted by molar-refractivity contribution is -0.132. The third-order valence-corrected chi connectivity index (χ3v) is 5.82. The Morgan fingerprint density at radius 1 is 0.933 bits per heavy atom. The molecule has 1 N–H and O–H groups in total. The molecular formula is C23H23N3O4. The van der Waals surface area contributed by atoms with Crippen LogP contribution in [0.15, 0.2) is 48.7 Å². The Bertz CT molecular complexity index is 1100. The van der Waals surface area contributed by atoms with Crippen LogP contribution in [0.4, 0.5) is 0 Å². The third kappa shape index (κ3) is 3.47. The standard InChI is InChI=1S/C23H23N3O4/c27-22(8-6-17-14-24-19-4-2-1-3-18(17)19)25-9-11-26(12-10-25)23(28)16-5-7-20-21(13-16)30-15-29-20/h1-5,7,13-14,24H,6,8-12,15H2. The lowest BCUT2D eigenvalue weighted by Gasteiger charge is -2.35. The maximum Gasteiger partial charge on any atom is 0.254 e. The first-order valence-electron chi connectivity index (χ1n) is 10.2. The fourth-order valence-electron chi connectivity index (χ4n) is 4.11. The molecule has 1 saturated heterocycles. The second-order valence-corrected chi connectivity index (χ2v) is 7.60. The van der Waals surface area contributed by atoms with Gasteiger partial charge < -0.3 is 24.3 Å². The van der Waals surface area contributed by atoms with Crippen molar-refractivity contribution in [3.63, 3.8) is 0 Å². The number of benzene rings is 2. The number of piperazine rings is 1. The van der Waals surface area contributed by atoms with Gasteiger partial charge in [-0.05, 0) is 36.2 Å². The molecule has 0 unspecified atom stereocenters. The summed E-state index contributed by atoms with van der Waals surface area (Å²) in [5.74, 6) is 1.36. The van der Waals surface area contributed by atoms with Gasteiger partial charge in [-0.1, -0.05) is 18.2 Å². The number of aromatic amines is 1. The number of amides is 2. The molecule has 2 aromatic carbocycles. The van der Waals surface area contributed by atoms with Gasteiger partial charge in [0, 0.05) is 55.3 Å². The predicted molar refractivity (Wildman–Crippen MR) is 112 cm³/mol. The van der Waals surface area contributed by atoms with E-state index in [1.165, 1.54) is 5.39 Å². The van der Waals surface area contributed by atoms with Crippen molar-refractivity contribution in [1.82, 2.24) is 14.8 Å². The Morgan fingerprint density at radius 3 is 2.57 bits per heavy atom. The summed E-state index contributed by atoms with van der Waals surface area (Å²) in [6.45, 7) is 2.37. The summed E-state index contributed by atoms with van der Waals surface area (Å²) >= 11 is 0. The summed E-state index contributed by atoms with van der Waals surface area (Å²) in [6.07, 6.45) is 3.16. The van der Waals surface area contributed by atoms with E-state index in [2.05, 4.69) is 11.1 Å². The lowest BCUT2D eigenvalue weighted by Crippen LogP contribution is -2.50. The van der Waals surface area contributed by atoms with Crippen LogP contribution in [-0.4, -0.2) is 59.6 Å². The van der Waals surface area contributed by atoms with E-state index in [-0.39, 0.29) is 18.6 Å². The van der Waals surface area contributed by atoms with Crippen molar-refractivity contribution in [1.29, 1.82) is 0 Å². The molecular weight excluding hydrogens is 382 g/mol. The zero-order valence-corrected chi connectivity index (χ0v) is 16.6. The van der Waals surface area contributed by atoms with E-state index in [9.17, 15) is 9.59 Å². The Kier molecular flexibility index (Phi) is 4.78. The van der Waals surface area contributed by atoms with Crippen molar-refractivity contribution in [3.8, 4) is 11.5 Å². The van der Waals surface area contributed by atoms with Crippen LogP contribution in [0.2, 0.25) is 0 Å². The predicted octanol–water partition coefficient (Wildman–Crippen LogP) is 2.81.